The minimum Gasteiger partial charge on any atom is -0.494 e. The summed E-state index contributed by atoms with van der Waals surface area (Å²) in [6, 6.07) is 7.95. The summed E-state index contributed by atoms with van der Waals surface area (Å²) in [5.74, 6) is -0.797. The average Bonchev–Trinajstić information content (AvgIpc) is 2.62. The Morgan fingerprint density at radius 3 is 1.88 bits per heavy atom. The lowest BCUT2D eigenvalue weighted by Gasteiger charge is -2.01. The molecular formula is C17H15F2NO5. The number of carbonyl (C=O) groups is 1. The van der Waals surface area contributed by atoms with Gasteiger partial charge in [0.2, 0.25) is 6.20 Å². The van der Waals surface area contributed by atoms with Crippen LogP contribution in [0.3, 0.4) is 0 Å². The van der Waals surface area contributed by atoms with Crippen LogP contribution in [0.15, 0.2) is 42.6 Å². The number of benzene rings is 2. The molecule has 0 atom stereocenters. The molecule has 0 saturated heterocycles. The van der Waals surface area contributed by atoms with E-state index in [2.05, 4.69) is 4.74 Å². The number of hydrogen-bond donors (Lipinski definition) is 0. The summed E-state index contributed by atoms with van der Waals surface area (Å²) >= 11 is 0. The van der Waals surface area contributed by atoms with Crippen molar-refractivity contribution >= 4 is 12.4 Å². The SMILES string of the molecule is COc1cc(/C=C/[N+](=O)[O-])ccc1F.COc1cc(C=O)ccc1F. The first-order chi connectivity index (χ1) is 11.9. The minimum atomic E-state index is -0.587. The average molecular weight is 351 g/mol. The van der Waals surface area contributed by atoms with Crippen molar-refractivity contribution < 1.29 is 28.0 Å². The third kappa shape index (κ3) is 6.38. The van der Waals surface area contributed by atoms with Gasteiger partial charge >= 0.3 is 0 Å². The number of rotatable bonds is 5. The van der Waals surface area contributed by atoms with Gasteiger partial charge < -0.3 is 9.47 Å². The highest BCUT2D eigenvalue weighted by Crippen LogP contribution is 2.19. The molecule has 2 aromatic rings. The van der Waals surface area contributed by atoms with Gasteiger partial charge in [-0.25, -0.2) is 8.78 Å². The fourth-order valence-corrected chi connectivity index (χ4v) is 1.68. The first-order valence-electron chi connectivity index (χ1n) is 6.85. The molecule has 0 fully saturated rings. The van der Waals surface area contributed by atoms with Crippen LogP contribution in [0, 0.1) is 21.7 Å². The molecule has 0 heterocycles. The van der Waals surface area contributed by atoms with Crippen LogP contribution in [0.1, 0.15) is 15.9 Å². The number of aldehydes is 1. The molecule has 25 heavy (non-hydrogen) atoms. The van der Waals surface area contributed by atoms with E-state index in [1.807, 2.05) is 0 Å². The molecular weight excluding hydrogens is 336 g/mol. The molecule has 0 bridgehead atoms. The van der Waals surface area contributed by atoms with E-state index in [0.717, 1.165) is 6.20 Å². The fourth-order valence-electron chi connectivity index (χ4n) is 1.68. The number of hydrogen-bond acceptors (Lipinski definition) is 5. The minimum absolute atomic E-state index is 0.0653. The molecule has 0 N–H and O–H groups in total. The van der Waals surface area contributed by atoms with Crippen molar-refractivity contribution in [2.24, 2.45) is 0 Å². The van der Waals surface area contributed by atoms with Crippen molar-refractivity contribution in [3.63, 3.8) is 0 Å². The zero-order valence-corrected chi connectivity index (χ0v) is 13.4. The molecule has 2 rings (SSSR count). The van der Waals surface area contributed by atoms with Gasteiger partial charge in [0.05, 0.1) is 19.1 Å². The van der Waals surface area contributed by atoms with Gasteiger partial charge in [-0.15, -0.1) is 0 Å². The first kappa shape index (κ1) is 19.8. The highest BCUT2D eigenvalue weighted by Gasteiger charge is 2.02. The zero-order valence-electron chi connectivity index (χ0n) is 13.4. The van der Waals surface area contributed by atoms with E-state index in [9.17, 15) is 23.7 Å². The normalized spacial score (nSPS) is 9.92. The molecule has 0 aliphatic heterocycles. The Labute approximate surface area is 142 Å². The Bertz CT molecular complexity index is 778. The van der Waals surface area contributed by atoms with Gasteiger partial charge in [0.1, 0.15) is 6.29 Å². The number of nitro groups is 1. The van der Waals surface area contributed by atoms with Crippen LogP contribution in [0.25, 0.3) is 6.08 Å². The van der Waals surface area contributed by atoms with E-state index < -0.39 is 16.6 Å². The highest BCUT2D eigenvalue weighted by molar-refractivity contribution is 5.75. The van der Waals surface area contributed by atoms with Gasteiger partial charge in [-0.3, -0.25) is 14.9 Å². The van der Waals surface area contributed by atoms with E-state index in [4.69, 9.17) is 4.74 Å². The molecule has 0 aliphatic rings. The summed E-state index contributed by atoms with van der Waals surface area (Å²) in [5, 5.41) is 10.0. The van der Waals surface area contributed by atoms with Gasteiger partial charge in [-0.05, 0) is 35.9 Å². The van der Waals surface area contributed by atoms with Crippen LogP contribution in [0.4, 0.5) is 8.78 Å². The van der Waals surface area contributed by atoms with Crippen molar-refractivity contribution in [1.29, 1.82) is 0 Å². The van der Waals surface area contributed by atoms with Crippen molar-refractivity contribution in [3.05, 3.63) is 75.5 Å². The van der Waals surface area contributed by atoms with Crippen molar-refractivity contribution in [3.8, 4) is 11.5 Å². The Hall–Kier alpha value is -3.29. The third-order valence-electron chi connectivity index (χ3n) is 2.88. The van der Waals surface area contributed by atoms with Crippen LogP contribution in [0.2, 0.25) is 0 Å². The second kappa shape index (κ2) is 9.76. The van der Waals surface area contributed by atoms with Crippen molar-refractivity contribution in [2.75, 3.05) is 14.2 Å². The molecule has 0 saturated carbocycles. The number of carbonyl (C=O) groups excluding carboxylic acids is 1. The topological polar surface area (TPSA) is 78.7 Å². The van der Waals surface area contributed by atoms with E-state index in [1.54, 1.807) is 0 Å². The molecule has 132 valence electrons. The molecule has 6 nitrogen and oxygen atoms in total. The van der Waals surface area contributed by atoms with Gasteiger partial charge in [0.25, 0.3) is 0 Å². The standard InChI is InChI=1S/C9H8FNO3.C8H7FO2/c1-14-9-6-7(2-3-8(9)10)4-5-11(12)13;1-11-8-4-6(5-10)2-3-7(8)9/h2-6H,1H3;2-5H,1H3/b5-4+;. The highest BCUT2D eigenvalue weighted by atomic mass is 19.1. The van der Waals surface area contributed by atoms with Gasteiger partial charge in [0, 0.05) is 11.6 Å². The van der Waals surface area contributed by atoms with Crippen molar-refractivity contribution in [2.45, 2.75) is 0 Å². The summed E-state index contributed by atoms with van der Waals surface area (Å²) in [7, 11) is 2.69. The maximum atomic E-state index is 12.9. The number of halogens is 2. The van der Waals surface area contributed by atoms with Crippen LogP contribution in [-0.4, -0.2) is 25.4 Å². The molecule has 0 amide bonds. The van der Waals surface area contributed by atoms with E-state index in [1.165, 1.54) is 56.7 Å². The number of nitrogens with zero attached hydrogens (tertiary/aromatic N) is 1. The lowest BCUT2D eigenvalue weighted by Crippen LogP contribution is -1.89. The fraction of sp³-hybridized carbons (Fsp3) is 0.118. The zero-order chi connectivity index (χ0) is 18.8. The summed E-state index contributed by atoms with van der Waals surface area (Å²) in [5.41, 5.74) is 0.920. The summed E-state index contributed by atoms with van der Waals surface area (Å²) in [4.78, 5) is 19.6. The predicted octanol–water partition coefficient (Wildman–Crippen LogP) is 3.73. The summed E-state index contributed by atoms with van der Waals surface area (Å²) in [6.45, 7) is 0. The smallest absolute Gasteiger partial charge is 0.235 e. The van der Waals surface area contributed by atoms with Gasteiger partial charge in [-0.1, -0.05) is 6.07 Å². The second-order valence-corrected chi connectivity index (χ2v) is 4.51. The maximum Gasteiger partial charge on any atom is 0.235 e. The van der Waals surface area contributed by atoms with Crippen LogP contribution < -0.4 is 9.47 Å². The summed E-state index contributed by atoms with van der Waals surface area (Å²) < 4.78 is 34.9. The Morgan fingerprint density at radius 2 is 1.44 bits per heavy atom. The Morgan fingerprint density at radius 1 is 0.960 bits per heavy atom. The molecule has 0 aromatic heterocycles. The maximum absolute atomic E-state index is 12.9. The quantitative estimate of drug-likeness (QED) is 0.466. The van der Waals surface area contributed by atoms with Crippen LogP contribution in [0.5, 0.6) is 11.5 Å². The van der Waals surface area contributed by atoms with Crippen LogP contribution >= 0.6 is 0 Å². The molecule has 0 spiro atoms. The van der Waals surface area contributed by atoms with E-state index in [-0.39, 0.29) is 11.5 Å². The lowest BCUT2D eigenvalue weighted by atomic mass is 10.2. The largest absolute Gasteiger partial charge is 0.494 e. The number of methoxy groups -OCH3 is 2. The molecule has 0 radical (unpaired) electrons. The van der Waals surface area contributed by atoms with E-state index in [0.29, 0.717) is 17.4 Å². The molecule has 0 aliphatic carbocycles. The van der Waals surface area contributed by atoms with Gasteiger partial charge in [0.15, 0.2) is 23.1 Å². The molecule has 8 heteroatoms. The molecule has 2 aromatic carbocycles. The predicted molar refractivity (Wildman–Crippen MR) is 87.3 cm³/mol. The second-order valence-electron chi connectivity index (χ2n) is 4.51. The van der Waals surface area contributed by atoms with Gasteiger partial charge in [-0.2, -0.15) is 0 Å². The van der Waals surface area contributed by atoms with E-state index >= 15 is 0 Å². The summed E-state index contributed by atoms with van der Waals surface area (Å²) in [6.07, 6.45) is 2.69. The third-order valence-corrected chi connectivity index (χ3v) is 2.88. The number of ether oxygens (including phenoxy) is 2. The first-order valence-corrected chi connectivity index (χ1v) is 6.85. The molecule has 0 unspecified atom stereocenters. The Kier molecular flexibility index (Phi) is 7.71. The lowest BCUT2D eigenvalue weighted by molar-refractivity contribution is -0.400. The van der Waals surface area contributed by atoms with Crippen molar-refractivity contribution in [1.82, 2.24) is 0 Å². The Balaban J connectivity index is 0.000000257. The monoisotopic (exact) mass is 351 g/mol. The van der Waals surface area contributed by atoms with Crippen LogP contribution in [-0.2, 0) is 0 Å².